The Morgan fingerprint density at radius 2 is 1.80 bits per heavy atom. The Hall–Kier alpha value is -1.55. The lowest BCUT2D eigenvalue weighted by Crippen LogP contribution is -2.43. The van der Waals surface area contributed by atoms with Gasteiger partial charge in [0, 0.05) is 31.7 Å². The Morgan fingerprint density at radius 3 is 2.60 bits per heavy atom. The first-order chi connectivity index (χ1) is 9.86. The summed E-state index contributed by atoms with van der Waals surface area (Å²) in [6.07, 6.45) is 5.03. The molecule has 1 aromatic carbocycles. The summed E-state index contributed by atoms with van der Waals surface area (Å²) in [5, 5.41) is 8.92. The first-order valence-corrected chi connectivity index (χ1v) is 7.62. The Kier molecular flexibility index (Phi) is 2.91. The number of hydrogen-bond donors (Lipinski definition) is 1. The van der Waals surface area contributed by atoms with E-state index < -0.39 is 0 Å². The van der Waals surface area contributed by atoms with Gasteiger partial charge in [-0.25, -0.2) is 0 Å². The summed E-state index contributed by atoms with van der Waals surface area (Å²) < 4.78 is 5.52. The molecule has 2 fully saturated rings. The van der Waals surface area contributed by atoms with Gasteiger partial charge in [0.2, 0.25) is 0 Å². The molecule has 1 spiro atoms. The van der Waals surface area contributed by atoms with Gasteiger partial charge in [-0.1, -0.05) is 12.1 Å². The number of nitrogens with one attached hydrogen (secondary N) is 1. The average Bonchev–Trinajstić information content (AvgIpc) is 2.93. The summed E-state index contributed by atoms with van der Waals surface area (Å²) in [6.45, 7) is 4.14. The lowest BCUT2D eigenvalue weighted by molar-refractivity contribution is 0.00208. The molecule has 1 N–H and O–H groups in total. The van der Waals surface area contributed by atoms with E-state index in [4.69, 9.17) is 4.74 Å². The standard InChI is InChI=1S/C16H21N3O/c1-2-4-14-13(3-1)15(18-17-14)19-9-5-16(6-10-19)7-11-20-12-8-16/h1-4H,5-12H2,(H,17,18). The number of ether oxygens (including phenoxy) is 1. The normalized spacial score (nSPS) is 22.5. The lowest BCUT2D eigenvalue weighted by atomic mass is 9.72. The van der Waals surface area contributed by atoms with Crippen LogP contribution in [0.3, 0.4) is 0 Å². The number of aromatic amines is 1. The topological polar surface area (TPSA) is 41.1 Å². The van der Waals surface area contributed by atoms with Crippen LogP contribution in [0.4, 0.5) is 5.82 Å². The second kappa shape index (κ2) is 4.77. The van der Waals surface area contributed by atoms with Gasteiger partial charge in [0.25, 0.3) is 0 Å². The summed E-state index contributed by atoms with van der Waals surface area (Å²) in [5.74, 6) is 1.13. The third-order valence-electron chi connectivity index (χ3n) is 5.13. The number of anilines is 1. The average molecular weight is 271 g/mol. The van der Waals surface area contributed by atoms with Crippen LogP contribution in [-0.4, -0.2) is 36.5 Å². The van der Waals surface area contributed by atoms with Crippen molar-refractivity contribution in [2.75, 3.05) is 31.2 Å². The molecule has 2 aliphatic heterocycles. The molecule has 3 heterocycles. The van der Waals surface area contributed by atoms with Gasteiger partial charge in [-0.15, -0.1) is 0 Å². The molecule has 0 radical (unpaired) electrons. The van der Waals surface area contributed by atoms with Gasteiger partial charge in [0.1, 0.15) is 0 Å². The zero-order chi connectivity index (χ0) is 13.4. The van der Waals surface area contributed by atoms with Crippen LogP contribution in [0, 0.1) is 5.41 Å². The van der Waals surface area contributed by atoms with E-state index in [0.717, 1.165) is 37.6 Å². The van der Waals surface area contributed by atoms with Crippen molar-refractivity contribution in [2.45, 2.75) is 25.7 Å². The van der Waals surface area contributed by atoms with E-state index in [-0.39, 0.29) is 0 Å². The highest BCUT2D eigenvalue weighted by atomic mass is 16.5. The van der Waals surface area contributed by atoms with Gasteiger partial charge in [-0.3, -0.25) is 5.10 Å². The van der Waals surface area contributed by atoms with Crippen molar-refractivity contribution in [3.8, 4) is 0 Å². The van der Waals surface area contributed by atoms with Crippen LogP contribution in [0.2, 0.25) is 0 Å². The van der Waals surface area contributed by atoms with E-state index in [9.17, 15) is 0 Å². The lowest BCUT2D eigenvalue weighted by Gasteiger charge is -2.44. The second-order valence-corrected chi connectivity index (χ2v) is 6.19. The molecule has 2 aliphatic rings. The highest BCUT2D eigenvalue weighted by Gasteiger charge is 2.36. The van der Waals surface area contributed by atoms with Gasteiger partial charge < -0.3 is 9.64 Å². The second-order valence-electron chi connectivity index (χ2n) is 6.19. The molecule has 4 nitrogen and oxygen atoms in total. The molecule has 0 saturated carbocycles. The Labute approximate surface area is 119 Å². The number of piperidine rings is 1. The number of aromatic nitrogens is 2. The smallest absolute Gasteiger partial charge is 0.158 e. The van der Waals surface area contributed by atoms with Crippen molar-refractivity contribution in [2.24, 2.45) is 5.41 Å². The molecule has 0 aliphatic carbocycles. The van der Waals surface area contributed by atoms with E-state index in [1.54, 1.807) is 0 Å². The quantitative estimate of drug-likeness (QED) is 0.867. The summed E-state index contributed by atoms with van der Waals surface area (Å²) in [5.41, 5.74) is 1.68. The number of fused-ring (bicyclic) bond motifs is 1. The molecule has 106 valence electrons. The van der Waals surface area contributed by atoms with Gasteiger partial charge in [0.05, 0.1) is 5.52 Å². The third-order valence-corrected chi connectivity index (χ3v) is 5.13. The molecular formula is C16H21N3O. The minimum Gasteiger partial charge on any atom is -0.381 e. The molecule has 20 heavy (non-hydrogen) atoms. The monoisotopic (exact) mass is 271 g/mol. The van der Waals surface area contributed by atoms with Gasteiger partial charge in [-0.2, -0.15) is 5.10 Å². The predicted octanol–water partition coefficient (Wildman–Crippen LogP) is 2.96. The van der Waals surface area contributed by atoms with E-state index in [1.807, 2.05) is 0 Å². The number of benzene rings is 1. The van der Waals surface area contributed by atoms with Crippen LogP contribution in [0.1, 0.15) is 25.7 Å². The number of para-hydroxylation sites is 1. The summed E-state index contributed by atoms with van der Waals surface area (Å²) in [7, 11) is 0. The number of H-pyrrole nitrogens is 1. The highest BCUT2D eigenvalue weighted by Crippen LogP contribution is 2.41. The number of hydrogen-bond acceptors (Lipinski definition) is 3. The molecule has 0 amide bonds. The van der Waals surface area contributed by atoms with Gasteiger partial charge in [-0.05, 0) is 43.2 Å². The molecule has 2 aromatic rings. The molecule has 4 heteroatoms. The molecule has 2 saturated heterocycles. The minimum atomic E-state index is 0.543. The molecule has 0 bridgehead atoms. The Balaban J connectivity index is 1.54. The minimum absolute atomic E-state index is 0.543. The fraction of sp³-hybridized carbons (Fsp3) is 0.562. The summed E-state index contributed by atoms with van der Waals surface area (Å²) in [4.78, 5) is 2.44. The van der Waals surface area contributed by atoms with Crippen molar-refractivity contribution in [3.05, 3.63) is 24.3 Å². The third kappa shape index (κ3) is 1.99. The van der Waals surface area contributed by atoms with Crippen LogP contribution in [0.25, 0.3) is 10.9 Å². The zero-order valence-electron chi connectivity index (χ0n) is 11.8. The maximum Gasteiger partial charge on any atom is 0.158 e. The van der Waals surface area contributed by atoms with Crippen molar-refractivity contribution in [3.63, 3.8) is 0 Å². The van der Waals surface area contributed by atoms with Crippen molar-refractivity contribution < 1.29 is 4.74 Å². The summed E-state index contributed by atoms with van der Waals surface area (Å²) >= 11 is 0. The zero-order valence-corrected chi connectivity index (χ0v) is 11.8. The van der Waals surface area contributed by atoms with Crippen LogP contribution < -0.4 is 4.90 Å². The fourth-order valence-electron chi connectivity index (χ4n) is 3.69. The van der Waals surface area contributed by atoms with E-state index in [0.29, 0.717) is 5.41 Å². The fourth-order valence-corrected chi connectivity index (χ4v) is 3.69. The van der Waals surface area contributed by atoms with Crippen LogP contribution in [0.5, 0.6) is 0 Å². The largest absolute Gasteiger partial charge is 0.381 e. The van der Waals surface area contributed by atoms with E-state index >= 15 is 0 Å². The van der Waals surface area contributed by atoms with Crippen molar-refractivity contribution >= 4 is 16.7 Å². The Bertz CT molecular complexity index is 591. The number of rotatable bonds is 1. The predicted molar refractivity (Wildman–Crippen MR) is 80.0 cm³/mol. The SMILES string of the molecule is c1ccc2c(N3CCC4(CCOCC4)CC3)n[nH]c2c1. The highest BCUT2D eigenvalue weighted by molar-refractivity contribution is 5.90. The first-order valence-electron chi connectivity index (χ1n) is 7.62. The van der Waals surface area contributed by atoms with Crippen LogP contribution in [-0.2, 0) is 4.74 Å². The maximum atomic E-state index is 5.52. The molecule has 0 atom stereocenters. The summed E-state index contributed by atoms with van der Waals surface area (Å²) in [6, 6.07) is 8.39. The van der Waals surface area contributed by atoms with E-state index in [2.05, 4.69) is 39.4 Å². The first kappa shape index (κ1) is 12.2. The Morgan fingerprint density at radius 1 is 1.05 bits per heavy atom. The maximum absolute atomic E-state index is 5.52. The molecular weight excluding hydrogens is 250 g/mol. The van der Waals surface area contributed by atoms with E-state index in [1.165, 1.54) is 31.1 Å². The number of nitrogens with zero attached hydrogens (tertiary/aromatic N) is 2. The molecule has 4 rings (SSSR count). The van der Waals surface area contributed by atoms with Crippen molar-refractivity contribution in [1.82, 2.24) is 10.2 Å². The van der Waals surface area contributed by atoms with Crippen molar-refractivity contribution in [1.29, 1.82) is 0 Å². The van der Waals surface area contributed by atoms with Gasteiger partial charge in [0.15, 0.2) is 5.82 Å². The van der Waals surface area contributed by atoms with Crippen LogP contribution in [0.15, 0.2) is 24.3 Å². The van der Waals surface area contributed by atoms with Gasteiger partial charge >= 0.3 is 0 Å². The molecule has 0 unspecified atom stereocenters. The molecule has 1 aromatic heterocycles. The van der Waals surface area contributed by atoms with Crippen LogP contribution >= 0.6 is 0 Å².